The smallest absolute Gasteiger partial charge is 0.134 e. The SMILES string of the molecule is CC(C)c1nc(C(C)(C)C)nc2c1CCCCCC2. The summed E-state index contributed by atoms with van der Waals surface area (Å²) in [5, 5.41) is 0. The van der Waals surface area contributed by atoms with Crippen molar-refractivity contribution in [3.05, 3.63) is 22.8 Å². The summed E-state index contributed by atoms with van der Waals surface area (Å²) in [6, 6.07) is 0. The highest BCUT2D eigenvalue weighted by Gasteiger charge is 2.23. The average Bonchev–Trinajstić information content (AvgIpc) is 2.27. The van der Waals surface area contributed by atoms with Gasteiger partial charge < -0.3 is 0 Å². The fraction of sp³-hybridized carbons (Fsp3) is 0.765. The van der Waals surface area contributed by atoms with Gasteiger partial charge in [0.15, 0.2) is 0 Å². The number of hydrogen-bond acceptors (Lipinski definition) is 2. The summed E-state index contributed by atoms with van der Waals surface area (Å²) in [7, 11) is 0. The number of rotatable bonds is 1. The van der Waals surface area contributed by atoms with Crippen molar-refractivity contribution in [1.29, 1.82) is 0 Å². The standard InChI is InChI=1S/C17H28N2/c1-12(2)15-13-10-8-6-7-9-11-14(13)18-16(19-15)17(3,4)5/h12H,6-11H2,1-5H3. The molecule has 2 rings (SSSR count). The van der Waals surface area contributed by atoms with Crippen molar-refractivity contribution < 1.29 is 0 Å². The van der Waals surface area contributed by atoms with Gasteiger partial charge in [-0.15, -0.1) is 0 Å². The van der Waals surface area contributed by atoms with Crippen molar-refractivity contribution in [2.24, 2.45) is 0 Å². The topological polar surface area (TPSA) is 25.8 Å². The molecular weight excluding hydrogens is 232 g/mol. The molecule has 0 spiro atoms. The minimum absolute atomic E-state index is 0.0427. The lowest BCUT2D eigenvalue weighted by Gasteiger charge is -2.24. The lowest BCUT2D eigenvalue weighted by atomic mass is 9.90. The molecule has 0 aliphatic heterocycles. The third-order valence-corrected chi connectivity index (χ3v) is 3.93. The number of nitrogens with zero attached hydrogens (tertiary/aromatic N) is 2. The maximum absolute atomic E-state index is 4.92. The maximum Gasteiger partial charge on any atom is 0.134 e. The zero-order chi connectivity index (χ0) is 14.0. The van der Waals surface area contributed by atoms with Crippen molar-refractivity contribution >= 4 is 0 Å². The molecule has 0 aromatic carbocycles. The molecule has 2 heteroatoms. The highest BCUT2D eigenvalue weighted by Crippen LogP contribution is 2.29. The molecule has 0 fully saturated rings. The second-order valence-electron chi connectivity index (χ2n) is 7.18. The van der Waals surface area contributed by atoms with E-state index in [1.807, 2.05) is 0 Å². The number of fused-ring (bicyclic) bond motifs is 1. The van der Waals surface area contributed by atoms with Crippen molar-refractivity contribution in [1.82, 2.24) is 9.97 Å². The first-order valence-electron chi connectivity index (χ1n) is 7.79. The van der Waals surface area contributed by atoms with E-state index in [2.05, 4.69) is 34.6 Å². The predicted molar refractivity (Wildman–Crippen MR) is 80.7 cm³/mol. The van der Waals surface area contributed by atoms with E-state index in [4.69, 9.17) is 9.97 Å². The summed E-state index contributed by atoms with van der Waals surface area (Å²) in [5.41, 5.74) is 4.14. The van der Waals surface area contributed by atoms with Gasteiger partial charge in [0, 0.05) is 11.1 Å². The molecule has 1 aliphatic rings. The molecule has 1 heterocycles. The zero-order valence-electron chi connectivity index (χ0n) is 13.2. The molecule has 0 unspecified atom stereocenters. The Hall–Kier alpha value is -0.920. The minimum atomic E-state index is 0.0427. The van der Waals surface area contributed by atoms with Crippen molar-refractivity contribution in [2.45, 2.75) is 84.5 Å². The van der Waals surface area contributed by atoms with Gasteiger partial charge in [0.2, 0.25) is 0 Å². The van der Waals surface area contributed by atoms with Gasteiger partial charge in [-0.25, -0.2) is 9.97 Å². The second kappa shape index (κ2) is 5.60. The van der Waals surface area contributed by atoms with Gasteiger partial charge in [0.25, 0.3) is 0 Å². The van der Waals surface area contributed by atoms with Gasteiger partial charge in [-0.2, -0.15) is 0 Å². The Balaban J connectivity index is 2.53. The van der Waals surface area contributed by atoms with E-state index in [1.54, 1.807) is 0 Å². The van der Waals surface area contributed by atoms with Crippen molar-refractivity contribution in [3.8, 4) is 0 Å². The first-order valence-corrected chi connectivity index (χ1v) is 7.79. The Kier molecular flexibility index (Phi) is 4.27. The fourth-order valence-corrected chi connectivity index (χ4v) is 2.79. The van der Waals surface area contributed by atoms with Crippen LogP contribution in [0.2, 0.25) is 0 Å². The first kappa shape index (κ1) is 14.5. The van der Waals surface area contributed by atoms with E-state index in [1.165, 1.54) is 49.1 Å². The predicted octanol–water partition coefficient (Wildman–Crippen LogP) is 4.56. The van der Waals surface area contributed by atoms with Crippen LogP contribution in [0.3, 0.4) is 0 Å². The molecule has 2 nitrogen and oxygen atoms in total. The molecule has 1 aliphatic carbocycles. The van der Waals surface area contributed by atoms with Gasteiger partial charge in [0.1, 0.15) is 5.82 Å². The van der Waals surface area contributed by atoms with Crippen LogP contribution < -0.4 is 0 Å². The first-order chi connectivity index (χ1) is 8.89. The van der Waals surface area contributed by atoms with Crippen LogP contribution in [-0.2, 0) is 18.3 Å². The fourth-order valence-electron chi connectivity index (χ4n) is 2.79. The van der Waals surface area contributed by atoms with Gasteiger partial charge in [-0.1, -0.05) is 47.5 Å². The Bertz CT molecular complexity index is 441. The molecule has 0 amide bonds. The summed E-state index contributed by atoms with van der Waals surface area (Å²) in [5.74, 6) is 1.52. The largest absolute Gasteiger partial charge is 0.237 e. The third-order valence-electron chi connectivity index (χ3n) is 3.93. The molecule has 19 heavy (non-hydrogen) atoms. The normalized spacial score (nSPS) is 16.9. The molecule has 106 valence electrons. The van der Waals surface area contributed by atoms with Gasteiger partial charge in [-0.05, 0) is 37.2 Å². The van der Waals surface area contributed by atoms with E-state index >= 15 is 0 Å². The van der Waals surface area contributed by atoms with Gasteiger partial charge >= 0.3 is 0 Å². The number of aryl methyl sites for hydroxylation is 1. The highest BCUT2D eigenvalue weighted by molar-refractivity contribution is 5.30. The molecule has 0 saturated heterocycles. The molecular formula is C17H28N2. The monoisotopic (exact) mass is 260 g/mol. The number of aromatic nitrogens is 2. The molecule has 0 N–H and O–H groups in total. The maximum atomic E-state index is 4.92. The Labute approximate surface area is 118 Å². The Morgan fingerprint density at radius 3 is 2.11 bits per heavy atom. The van der Waals surface area contributed by atoms with E-state index < -0.39 is 0 Å². The molecule has 0 saturated carbocycles. The molecule has 0 atom stereocenters. The summed E-state index contributed by atoms with van der Waals surface area (Å²) in [6.07, 6.45) is 7.60. The van der Waals surface area contributed by atoms with Crippen LogP contribution in [0.15, 0.2) is 0 Å². The molecule has 1 aromatic rings. The van der Waals surface area contributed by atoms with Crippen LogP contribution in [0.5, 0.6) is 0 Å². The minimum Gasteiger partial charge on any atom is -0.237 e. The summed E-state index contributed by atoms with van der Waals surface area (Å²) in [6.45, 7) is 11.1. The molecule has 0 radical (unpaired) electrons. The van der Waals surface area contributed by atoms with E-state index in [-0.39, 0.29) is 5.41 Å². The van der Waals surface area contributed by atoms with Crippen LogP contribution in [-0.4, -0.2) is 9.97 Å². The lowest BCUT2D eigenvalue weighted by molar-refractivity contribution is 0.521. The number of hydrogen-bond donors (Lipinski definition) is 0. The van der Waals surface area contributed by atoms with Crippen molar-refractivity contribution in [3.63, 3.8) is 0 Å². The summed E-state index contributed by atoms with van der Waals surface area (Å²) >= 11 is 0. The summed E-state index contributed by atoms with van der Waals surface area (Å²) in [4.78, 5) is 9.84. The van der Waals surface area contributed by atoms with Crippen molar-refractivity contribution in [2.75, 3.05) is 0 Å². The van der Waals surface area contributed by atoms with E-state index in [0.717, 1.165) is 12.2 Å². The van der Waals surface area contributed by atoms with Gasteiger partial charge in [0.05, 0.1) is 5.69 Å². The third kappa shape index (κ3) is 3.34. The average molecular weight is 260 g/mol. The molecule has 1 aromatic heterocycles. The lowest BCUT2D eigenvalue weighted by Crippen LogP contribution is -2.21. The van der Waals surface area contributed by atoms with Crippen LogP contribution >= 0.6 is 0 Å². The quantitative estimate of drug-likeness (QED) is 0.740. The van der Waals surface area contributed by atoms with Gasteiger partial charge in [-0.3, -0.25) is 0 Å². The zero-order valence-corrected chi connectivity index (χ0v) is 13.2. The van der Waals surface area contributed by atoms with Crippen LogP contribution in [0.25, 0.3) is 0 Å². The highest BCUT2D eigenvalue weighted by atomic mass is 14.9. The van der Waals surface area contributed by atoms with E-state index in [9.17, 15) is 0 Å². The van der Waals surface area contributed by atoms with Crippen LogP contribution in [0.1, 0.15) is 89.0 Å². The van der Waals surface area contributed by atoms with Crippen LogP contribution in [0, 0.1) is 0 Å². The second-order valence-corrected chi connectivity index (χ2v) is 7.18. The van der Waals surface area contributed by atoms with E-state index in [0.29, 0.717) is 5.92 Å². The Morgan fingerprint density at radius 2 is 1.53 bits per heavy atom. The summed E-state index contributed by atoms with van der Waals surface area (Å²) < 4.78 is 0. The molecule has 0 bridgehead atoms. The Morgan fingerprint density at radius 1 is 0.895 bits per heavy atom. The van der Waals surface area contributed by atoms with Crippen LogP contribution in [0.4, 0.5) is 0 Å².